The minimum atomic E-state index is -4.78. The first-order valence-corrected chi connectivity index (χ1v) is 17.7. The first kappa shape index (κ1) is 39.1. The molecule has 0 amide bonds. The number of benzene rings is 4. The van der Waals surface area contributed by atoms with Gasteiger partial charge in [0.05, 0.1) is 0 Å². The predicted molar refractivity (Wildman–Crippen MR) is 187 cm³/mol. The molecular weight excluding hydrogens is 634 g/mol. The molecule has 0 fully saturated rings. The van der Waals surface area contributed by atoms with E-state index in [1.165, 1.54) is 24.3 Å². The molecule has 0 heterocycles. The van der Waals surface area contributed by atoms with Gasteiger partial charge in [-0.3, -0.25) is 9.59 Å². The maximum absolute atomic E-state index is 12.8. The second-order valence-corrected chi connectivity index (χ2v) is 12.5. The van der Waals surface area contributed by atoms with Crippen LogP contribution in [0.2, 0.25) is 0 Å². The Hall–Kier alpha value is -3.39. The van der Waals surface area contributed by atoms with Crippen molar-refractivity contribution in [2.45, 2.75) is 53.4 Å². The maximum Gasteiger partial charge on any atom is 1.00 e. The number of carbonyl (C=O) groups is 2. The number of anilines is 2. The van der Waals surface area contributed by atoms with Crippen LogP contribution in [0, 0.1) is 0 Å². The van der Waals surface area contributed by atoms with Crippen LogP contribution in [0.5, 0.6) is 11.5 Å². The number of Topliss-reactive ketones (excluding diaryl/α,β-unsaturated/α-hetero) is 2. The fourth-order valence-electron chi connectivity index (χ4n) is 5.41. The Kier molecular flexibility index (Phi) is 15.4. The number of carbonyl (C=O) groups excluding carboxylic acids is 2. The number of hydrogen-bond donors (Lipinski definition) is 0. The summed E-state index contributed by atoms with van der Waals surface area (Å²) in [6, 6.07) is 28.4. The van der Waals surface area contributed by atoms with Crippen molar-refractivity contribution < 1.29 is 57.7 Å². The number of aryl methyl sites for hydroxylation is 2. The van der Waals surface area contributed by atoms with Crippen LogP contribution in [0.25, 0.3) is 0 Å². The van der Waals surface area contributed by atoms with Crippen molar-refractivity contribution in [1.82, 2.24) is 0 Å². The molecule has 4 rings (SSSR count). The Morgan fingerprint density at radius 3 is 1.17 bits per heavy atom. The summed E-state index contributed by atoms with van der Waals surface area (Å²) in [6.07, 6.45) is 1.87. The molecule has 0 radical (unpaired) electrons. The number of phosphoric ester groups is 1. The average Bonchev–Trinajstić information content (AvgIpc) is 3.08. The zero-order valence-electron chi connectivity index (χ0n) is 28.7. The fourth-order valence-corrected chi connectivity index (χ4v) is 6.21. The standard InChI is InChI=1S/C38H45N2O6P.Na/c1-5-39(6-2)33-19-9-29(10-20-33)13-27-37(41)31-15-23-35(24-16-31)45-47(43,44)46-36-25-17-32(18-26-36)38(42)28-14-30-11-21-34(22-12-30)40(7-3)8-4;/h9-12,15-26H,5-8,13-14,27-28H2,1-4H3,(H,43,44);/q;+1/p-1. The van der Waals surface area contributed by atoms with Crippen molar-refractivity contribution in [3.8, 4) is 11.5 Å². The normalized spacial score (nSPS) is 10.9. The van der Waals surface area contributed by atoms with Gasteiger partial charge in [0.1, 0.15) is 11.5 Å². The van der Waals surface area contributed by atoms with E-state index < -0.39 is 7.82 Å². The fraction of sp³-hybridized carbons (Fsp3) is 0.316. The molecule has 0 aromatic heterocycles. The van der Waals surface area contributed by atoms with Gasteiger partial charge in [-0.1, -0.05) is 24.3 Å². The number of phosphoric acid groups is 1. The number of ketones is 2. The third-order valence-corrected chi connectivity index (χ3v) is 9.07. The first-order chi connectivity index (χ1) is 22.6. The SMILES string of the molecule is CCN(CC)c1ccc(CCC(=O)c2ccc(OP(=O)([O-])Oc3ccc(C(=O)CCc4ccc(N(CC)CC)cc4)cc3)cc2)cc1.[Na+]. The molecule has 0 aliphatic carbocycles. The van der Waals surface area contributed by atoms with Crippen molar-refractivity contribution in [3.63, 3.8) is 0 Å². The number of rotatable bonds is 18. The van der Waals surface area contributed by atoms with Crippen LogP contribution in [0.3, 0.4) is 0 Å². The predicted octanol–water partition coefficient (Wildman–Crippen LogP) is 4.94. The van der Waals surface area contributed by atoms with E-state index in [9.17, 15) is 19.0 Å². The summed E-state index contributed by atoms with van der Waals surface area (Å²) in [5.41, 5.74) is 5.41. The minimum absolute atomic E-state index is 0. The van der Waals surface area contributed by atoms with E-state index in [0.717, 1.165) is 48.7 Å². The Morgan fingerprint density at radius 1 is 0.562 bits per heavy atom. The maximum atomic E-state index is 12.8. The van der Waals surface area contributed by atoms with Crippen molar-refractivity contribution in [1.29, 1.82) is 0 Å². The molecule has 4 aromatic carbocycles. The molecule has 0 aliphatic heterocycles. The summed E-state index contributed by atoms with van der Waals surface area (Å²) >= 11 is 0. The molecular formula is C38H44N2NaO6P. The molecule has 0 saturated heterocycles. The molecule has 4 aromatic rings. The monoisotopic (exact) mass is 678 g/mol. The summed E-state index contributed by atoms with van der Waals surface area (Å²) in [5.74, 6) is -0.0323. The van der Waals surface area contributed by atoms with Crippen LogP contribution in [-0.2, 0) is 17.4 Å². The second-order valence-electron chi connectivity index (χ2n) is 11.2. The Balaban J connectivity index is 0.00000625. The van der Waals surface area contributed by atoms with Gasteiger partial charge in [0.25, 0.3) is 0 Å². The van der Waals surface area contributed by atoms with Crippen molar-refractivity contribution in [2.75, 3.05) is 36.0 Å². The largest absolute Gasteiger partial charge is 1.00 e. The third-order valence-electron chi connectivity index (χ3n) is 8.20. The van der Waals surface area contributed by atoms with Crippen molar-refractivity contribution in [2.24, 2.45) is 0 Å². The van der Waals surface area contributed by atoms with Gasteiger partial charge in [-0.15, -0.1) is 0 Å². The molecule has 8 nitrogen and oxygen atoms in total. The second kappa shape index (κ2) is 19.0. The number of hydrogen-bond acceptors (Lipinski definition) is 8. The molecule has 0 unspecified atom stereocenters. The molecule has 10 heteroatoms. The van der Waals surface area contributed by atoms with Crippen molar-refractivity contribution in [3.05, 3.63) is 119 Å². The third kappa shape index (κ3) is 11.4. The molecule has 48 heavy (non-hydrogen) atoms. The first-order valence-electron chi connectivity index (χ1n) is 16.3. The van der Waals surface area contributed by atoms with Gasteiger partial charge in [0, 0.05) is 61.5 Å². The quantitative estimate of drug-likeness (QED) is 0.0830. The van der Waals surface area contributed by atoms with Crippen LogP contribution in [-0.4, -0.2) is 37.7 Å². The van der Waals surface area contributed by atoms with E-state index in [-0.39, 0.29) is 52.6 Å². The summed E-state index contributed by atoms with van der Waals surface area (Å²) in [7, 11) is -4.78. The van der Waals surface area contributed by atoms with E-state index >= 15 is 0 Å². The molecule has 0 aliphatic rings. The van der Waals surface area contributed by atoms with Crippen LogP contribution in [0.4, 0.5) is 11.4 Å². The average molecular weight is 679 g/mol. The zero-order chi connectivity index (χ0) is 33.8. The van der Waals surface area contributed by atoms with Gasteiger partial charge in [0.15, 0.2) is 11.6 Å². The summed E-state index contributed by atoms with van der Waals surface area (Å²) < 4.78 is 22.8. The molecule has 0 bridgehead atoms. The van der Waals surface area contributed by atoms with Gasteiger partial charge in [-0.2, -0.15) is 0 Å². The van der Waals surface area contributed by atoms with Gasteiger partial charge >= 0.3 is 37.4 Å². The number of nitrogens with zero attached hydrogens (tertiary/aromatic N) is 2. The van der Waals surface area contributed by atoms with Crippen LogP contribution >= 0.6 is 7.82 Å². The van der Waals surface area contributed by atoms with Gasteiger partial charge < -0.3 is 23.7 Å². The van der Waals surface area contributed by atoms with E-state index in [4.69, 9.17) is 9.05 Å². The van der Waals surface area contributed by atoms with E-state index in [0.29, 0.717) is 36.8 Å². The summed E-state index contributed by atoms with van der Waals surface area (Å²) in [6.45, 7) is 12.2. The van der Waals surface area contributed by atoms with E-state index in [2.05, 4.69) is 61.8 Å². The van der Waals surface area contributed by atoms with Crippen LogP contribution < -0.4 is 53.3 Å². The van der Waals surface area contributed by atoms with Crippen LogP contribution in [0.15, 0.2) is 97.1 Å². The summed E-state index contributed by atoms with van der Waals surface area (Å²) in [5, 5.41) is 0. The van der Waals surface area contributed by atoms with E-state index in [1.54, 1.807) is 24.3 Å². The Bertz CT molecular complexity index is 1520. The molecule has 0 saturated carbocycles. The van der Waals surface area contributed by atoms with Gasteiger partial charge in [-0.05, 0) is 124 Å². The summed E-state index contributed by atoms with van der Waals surface area (Å²) in [4.78, 5) is 42.6. The smallest absolute Gasteiger partial charge is 0.736 e. The Morgan fingerprint density at radius 2 is 0.875 bits per heavy atom. The molecule has 0 N–H and O–H groups in total. The topological polar surface area (TPSA) is 99.2 Å². The molecule has 0 atom stereocenters. The zero-order valence-corrected chi connectivity index (χ0v) is 31.6. The molecule has 248 valence electrons. The van der Waals surface area contributed by atoms with Crippen molar-refractivity contribution >= 4 is 30.8 Å². The van der Waals surface area contributed by atoms with Crippen LogP contribution in [0.1, 0.15) is 72.4 Å². The minimum Gasteiger partial charge on any atom is -0.736 e. The molecule has 0 spiro atoms. The Labute approximate surface area is 307 Å². The van der Waals surface area contributed by atoms with E-state index in [1.807, 2.05) is 24.3 Å². The van der Waals surface area contributed by atoms with Gasteiger partial charge in [-0.25, -0.2) is 4.57 Å². The van der Waals surface area contributed by atoms with Gasteiger partial charge in [0.2, 0.25) is 0 Å².